The highest BCUT2D eigenvalue weighted by Gasteiger charge is 2.57. The molecule has 0 aromatic rings. The second-order valence-corrected chi connectivity index (χ2v) is 16.1. The number of amides is 1. The molecule has 6 atom stereocenters. The number of piperidine rings is 1. The Bertz CT molecular complexity index is 1070. The molecule has 0 saturated carbocycles. The summed E-state index contributed by atoms with van der Waals surface area (Å²) in [7, 11) is 0. The van der Waals surface area contributed by atoms with Gasteiger partial charge in [-0.2, -0.15) is 0 Å². The summed E-state index contributed by atoms with van der Waals surface area (Å²) < 4.78 is 30.2. The van der Waals surface area contributed by atoms with E-state index in [1.165, 1.54) is 4.90 Å². The SMILES string of the molecule is CC[C@H]1CCN([C@@H]2O[C@H](COC(=O)C(C)(C)C)[C@H](OC(=O)C(C)(C)C)[C@H](OC(=O)C(C)(C)C)[C@H]2OC(=O)C(C)(C)C)C(=O)C1. The minimum atomic E-state index is -1.38. The number of likely N-dealkylation sites (tertiary alicyclic amines) is 1. The highest BCUT2D eigenvalue weighted by Crippen LogP contribution is 2.37. The third-order valence-electron chi connectivity index (χ3n) is 7.61. The van der Waals surface area contributed by atoms with Gasteiger partial charge in [-0.1, -0.05) is 13.3 Å². The largest absolute Gasteiger partial charge is 0.462 e. The molecule has 0 aromatic carbocycles. The van der Waals surface area contributed by atoms with Crippen LogP contribution in [0.2, 0.25) is 0 Å². The molecule has 2 saturated heterocycles. The Hall–Kier alpha value is -2.69. The van der Waals surface area contributed by atoms with Gasteiger partial charge in [-0.05, 0) is 95.4 Å². The lowest BCUT2D eigenvalue weighted by molar-refractivity contribution is -0.282. The van der Waals surface area contributed by atoms with Crippen LogP contribution in [0.15, 0.2) is 0 Å². The zero-order valence-corrected chi connectivity index (χ0v) is 29.0. The predicted molar refractivity (Wildman–Crippen MR) is 162 cm³/mol. The second-order valence-electron chi connectivity index (χ2n) is 16.1. The maximum absolute atomic E-state index is 13.5. The summed E-state index contributed by atoms with van der Waals surface area (Å²) in [5.41, 5.74) is -3.74. The van der Waals surface area contributed by atoms with Gasteiger partial charge in [-0.3, -0.25) is 24.0 Å². The molecule has 0 radical (unpaired) electrons. The molecule has 0 bridgehead atoms. The standard InChI is InChI=1S/C33H55NO10/c1-14-19-15-16-34(21(35)17-19)25-24(44-29(39)33(11,12)13)23(43-28(38)32(8,9)10)22(42-27(37)31(5,6)7)20(41-25)18-40-26(36)30(2,3)4/h19-20,22-25H,14-18H2,1-13H3/t19-,20+,22-,23-,24+,25+/m0/s1. The van der Waals surface area contributed by atoms with Crippen molar-refractivity contribution in [1.29, 1.82) is 0 Å². The van der Waals surface area contributed by atoms with Crippen LogP contribution < -0.4 is 0 Å². The molecule has 44 heavy (non-hydrogen) atoms. The number of nitrogens with zero attached hydrogens (tertiary/aromatic N) is 1. The zero-order valence-electron chi connectivity index (χ0n) is 29.0. The summed E-state index contributed by atoms with van der Waals surface area (Å²) in [4.78, 5) is 67.9. The van der Waals surface area contributed by atoms with Crippen LogP contribution in [0.25, 0.3) is 0 Å². The number of rotatable bonds is 7. The van der Waals surface area contributed by atoms with Crippen LogP contribution in [0.3, 0.4) is 0 Å². The summed E-state index contributed by atoms with van der Waals surface area (Å²) in [5.74, 6) is -2.43. The van der Waals surface area contributed by atoms with Crippen LogP contribution in [-0.2, 0) is 47.7 Å². The Labute approximate surface area is 263 Å². The molecule has 2 heterocycles. The average molecular weight is 626 g/mol. The van der Waals surface area contributed by atoms with Crippen molar-refractivity contribution >= 4 is 29.8 Å². The maximum Gasteiger partial charge on any atom is 0.311 e. The molecule has 11 nitrogen and oxygen atoms in total. The van der Waals surface area contributed by atoms with Gasteiger partial charge in [0.15, 0.2) is 24.5 Å². The first-order valence-corrected chi connectivity index (χ1v) is 15.6. The van der Waals surface area contributed by atoms with Crippen LogP contribution in [0.5, 0.6) is 0 Å². The fraction of sp³-hybridized carbons (Fsp3) is 0.848. The first-order valence-electron chi connectivity index (χ1n) is 15.6. The first kappa shape index (κ1) is 37.5. The van der Waals surface area contributed by atoms with E-state index in [1.54, 1.807) is 83.1 Å². The lowest BCUT2D eigenvalue weighted by Gasteiger charge is -2.50. The number of ether oxygens (including phenoxy) is 5. The van der Waals surface area contributed by atoms with E-state index in [0.29, 0.717) is 13.0 Å². The van der Waals surface area contributed by atoms with Gasteiger partial charge in [0.25, 0.3) is 0 Å². The van der Waals surface area contributed by atoms with Crippen molar-refractivity contribution in [3.05, 3.63) is 0 Å². The van der Waals surface area contributed by atoms with Crippen LogP contribution >= 0.6 is 0 Å². The molecule has 0 aromatic heterocycles. The van der Waals surface area contributed by atoms with Gasteiger partial charge in [-0.15, -0.1) is 0 Å². The summed E-state index contributed by atoms with van der Waals surface area (Å²) in [6, 6.07) is 0. The summed E-state index contributed by atoms with van der Waals surface area (Å²) in [6.45, 7) is 22.1. The van der Waals surface area contributed by atoms with Gasteiger partial charge in [0.05, 0.1) is 21.7 Å². The predicted octanol–water partition coefficient (Wildman–Crippen LogP) is 4.82. The molecule has 0 aliphatic carbocycles. The Kier molecular flexibility index (Phi) is 11.7. The van der Waals surface area contributed by atoms with Crippen molar-refractivity contribution in [2.75, 3.05) is 13.2 Å². The van der Waals surface area contributed by atoms with Crippen molar-refractivity contribution in [2.24, 2.45) is 27.6 Å². The van der Waals surface area contributed by atoms with Crippen molar-refractivity contribution in [1.82, 2.24) is 4.90 Å². The molecular weight excluding hydrogens is 570 g/mol. The minimum Gasteiger partial charge on any atom is -0.462 e. The van der Waals surface area contributed by atoms with Crippen LogP contribution in [-0.4, -0.2) is 78.5 Å². The van der Waals surface area contributed by atoms with Gasteiger partial charge in [0, 0.05) is 13.0 Å². The highest BCUT2D eigenvalue weighted by molar-refractivity contribution is 5.79. The van der Waals surface area contributed by atoms with Crippen LogP contribution in [0.4, 0.5) is 0 Å². The zero-order chi connectivity index (χ0) is 34.0. The Morgan fingerprint density at radius 2 is 1.14 bits per heavy atom. The summed E-state index contributed by atoms with van der Waals surface area (Å²) in [5, 5.41) is 0. The van der Waals surface area contributed by atoms with E-state index in [9.17, 15) is 24.0 Å². The Morgan fingerprint density at radius 1 is 0.705 bits per heavy atom. The topological polar surface area (TPSA) is 135 Å². The fourth-order valence-corrected chi connectivity index (χ4v) is 4.49. The van der Waals surface area contributed by atoms with Gasteiger partial charge >= 0.3 is 23.9 Å². The van der Waals surface area contributed by atoms with Gasteiger partial charge < -0.3 is 28.6 Å². The van der Waals surface area contributed by atoms with Crippen molar-refractivity contribution in [3.8, 4) is 0 Å². The molecule has 0 unspecified atom stereocenters. The molecule has 252 valence electrons. The number of hydrogen-bond acceptors (Lipinski definition) is 10. The molecule has 2 rings (SSSR count). The number of hydrogen-bond donors (Lipinski definition) is 0. The van der Waals surface area contributed by atoms with E-state index < -0.39 is 76.2 Å². The van der Waals surface area contributed by atoms with Crippen molar-refractivity contribution in [3.63, 3.8) is 0 Å². The maximum atomic E-state index is 13.5. The van der Waals surface area contributed by atoms with E-state index in [2.05, 4.69) is 0 Å². The first-order chi connectivity index (χ1) is 19.9. The van der Waals surface area contributed by atoms with E-state index in [1.807, 2.05) is 6.92 Å². The third-order valence-corrected chi connectivity index (χ3v) is 7.61. The van der Waals surface area contributed by atoms with E-state index in [4.69, 9.17) is 23.7 Å². The molecule has 2 aliphatic rings. The summed E-state index contributed by atoms with van der Waals surface area (Å²) >= 11 is 0. The van der Waals surface area contributed by atoms with E-state index in [-0.39, 0.29) is 24.9 Å². The molecule has 0 spiro atoms. The normalized spacial score (nSPS) is 26.9. The van der Waals surface area contributed by atoms with E-state index in [0.717, 1.165) is 6.42 Å². The van der Waals surface area contributed by atoms with Gasteiger partial charge in [0.1, 0.15) is 12.7 Å². The van der Waals surface area contributed by atoms with E-state index >= 15 is 0 Å². The summed E-state index contributed by atoms with van der Waals surface area (Å²) in [6.07, 6.45) is -4.62. The Balaban J connectivity index is 2.73. The molecule has 0 N–H and O–H groups in total. The smallest absolute Gasteiger partial charge is 0.311 e. The highest BCUT2D eigenvalue weighted by atomic mass is 16.7. The number of esters is 4. The van der Waals surface area contributed by atoms with Crippen molar-refractivity contribution < 1.29 is 47.7 Å². The number of carbonyl (C=O) groups excluding carboxylic acids is 5. The van der Waals surface area contributed by atoms with Crippen LogP contribution in [0, 0.1) is 27.6 Å². The molecule has 2 aliphatic heterocycles. The molecule has 1 amide bonds. The number of carbonyl (C=O) groups is 5. The van der Waals surface area contributed by atoms with Crippen molar-refractivity contribution in [2.45, 2.75) is 140 Å². The molecular formula is C33H55NO10. The molecule has 11 heteroatoms. The third kappa shape index (κ3) is 9.65. The quantitative estimate of drug-likeness (QED) is 0.286. The average Bonchev–Trinajstić information content (AvgIpc) is 2.87. The van der Waals surface area contributed by atoms with Gasteiger partial charge in [-0.25, -0.2) is 0 Å². The second kappa shape index (κ2) is 13.7. The minimum absolute atomic E-state index is 0.191. The fourth-order valence-electron chi connectivity index (χ4n) is 4.49. The van der Waals surface area contributed by atoms with Crippen LogP contribution in [0.1, 0.15) is 109 Å². The van der Waals surface area contributed by atoms with Gasteiger partial charge in [0.2, 0.25) is 5.91 Å². The molecule has 2 fully saturated rings. The lowest BCUT2D eigenvalue weighted by atomic mass is 9.90. The lowest BCUT2D eigenvalue weighted by Crippen LogP contribution is -2.68. The Morgan fingerprint density at radius 3 is 1.55 bits per heavy atom. The monoisotopic (exact) mass is 625 g/mol.